The van der Waals surface area contributed by atoms with Crippen molar-refractivity contribution in [3.05, 3.63) is 28.3 Å². The molecule has 162 valence electrons. The Kier molecular flexibility index (Phi) is 6.56. The number of sulfonamides is 1. The van der Waals surface area contributed by atoms with E-state index in [1.807, 2.05) is 0 Å². The third kappa shape index (κ3) is 4.61. The largest absolute Gasteiger partial charge is 0.347 e. The summed E-state index contributed by atoms with van der Waals surface area (Å²) in [6.07, 6.45) is 5.88. The maximum atomic E-state index is 13.0. The lowest BCUT2D eigenvalue weighted by Crippen LogP contribution is -2.31. The van der Waals surface area contributed by atoms with E-state index in [9.17, 15) is 18.5 Å². The zero-order chi connectivity index (χ0) is 21.1. The maximum Gasteiger partial charge on any atom is 0.284 e. The molecule has 9 nitrogen and oxygen atoms in total. The van der Waals surface area contributed by atoms with Crippen molar-refractivity contribution in [1.82, 2.24) is 14.5 Å². The van der Waals surface area contributed by atoms with Gasteiger partial charge < -0.3 is 4.90 Å². The van der Waals surface area contributed by atoms with Crippen LogP contribution in [0.3, 0.4) is 0 Å². The molecular formula is C18H23N5O4S3. The Morgan fingerprint density at radius 1 is 1.00 bits per heavy atom. The van der Waals surface area contributed by atoms with Gasteiger partial charge in [-0.05, 0) is 49.6 Å². The van der Waals surface area contributed by atoms with Gasteiger partial charge in [0.25, 0.3) is 5.69 Å². The van der Waals surface area contributed by atoms with E-state index >= 15 is 0 Å². The minimum Gasteiger partial charge on any atom is -0.347 e. The third-order valence-electron chi connectivity index (χ3n) is 5.30. The average molecular weight is 470 g/mol. The molecule has 0 spiro atoms. The van der Waals surface area contributed by atoms with Crippen LogP contribution in [0.1, 0.15) is 38.5 Å². The fourth-order valence-electron chi connectivity index (χ4n) is 3.69. The normalized spacial score (nSPS) is 18.5. The molecule has 2 saturated heterocycles. The van der Waals surface area contributed by atoms with Crippen LogP contribution in [-0.4, -0.2) is 54.0 Å². The summed E-state index contributed by atoms with van der Waals surface area (Å²) in [5.41, 5.74) is -0.228. The Hall–Kier alpha value is -1.76. The van der Waals surface area contributed by atoms with Crippen LogP contribution in [0.4, 0.5) is 10.8 Å². The molecule has 0 bridgehead atoms. The summed E-state index contributed by atoms with van der Waals surface area (Å²) in [5, 5.41) is 20.8. The van der Waals surface area contributed by atoms with Gasteiger partial charge in [-0.15, -0.1) is 10.2 Å². The number of nitro benzene ring substituents is 1. The van der Waals surface area contributed by atoms with Crippen LogP contribution in [0.2, 0.25) is 0 Å². The summed E-state index contributed by atoms with van der Waals surface area (Å²) in [6.45, 7) is 2.80. The molecule has 1 aromatic carbocycles. The minimum atomic E-state index is -3.75. The van der Waals surface area contributed by atoms with Gasteiger partial charge in [0.1, 0.15) is 0 Å². The molecule has 4 rings (SSSR count). The minimum absolute atomic E-state index is 0.0320. The number of hydrogen-bond acceptors (Lipinski definition) is 9. The van der Waals surface area contributed by atoms with Gasteiger partial charge in [0.15, 0.2) is 4.34 Å². The Morgan fingerprint density at radius 2 is 1.67 bits per heavy atom. The number of anilines is 1. The van der Waals surface area contributed by atoms with Crippen molar-refractivity contribution in [2.24, 2.45) is 0 Å². The molecule has 0 aliphatic carbocycles. The fraction of sp³-hybridized carbons (Fsp3) is 0.556. The van der Waals surface area contributed by atoms with Crippen LogP contribution in [0.25, 0.3) is 0 Å². The lowest BCUT2D eigenvalue weighted by molar-refractivity contribution is -0.388. The van der Waals surface area contributed by atoms with Gasteiger partial charge in [0.2, 0.25) is 15.2 Å². The highest BCUT2D eigenvalue weighted by molar-refractivity contribution is 8.01. The van der Waals surface area contributed by atoms with Gasteiger partial charge in [0, 0.05) is 32.2 Å². The lowest BCUT2D eigenvalue weighted by atomic mass is 10.2. The summed E-state index contributed by atoms with van der Waals surface area (Å²) >= 11 is 2.55. The highest BCUT2D eigenvalue weighted by atomic mass is 32.2. The van der Waals surface area contributed by atoms with Gasteiger partial charge in [-0.3, -0.25) is 10.1 Å². The second kappa shape index (κ2) is 9.16. The lowest BCUT2D eigenvalue weighted by Gasteiger charge is -2.20. The molecule has 0 radical (unpaired) electrons. The van der Waals surface area contributed by atoms with E-state index in [0.717, 1.165) is 68.5 Å². The van der Waals surface area contributed by atoms with Crippen LogP contribution in [0.15, 0.2) is 32.3 Å². The van der Waals surface area contributed by atoms with Crippen LogP contribution in [0, 0.1) is 10.1 Å². The molecule has 12 heteroatoms. The summed E-state index contributed by atoms with van der Waals surface area (Å²) in [5.74, 6) is 0. The second-order valence-corrected chi connectivity index (χ2v) is 11.5. The van der Waals surface area contributed by atoms with Crippen LogP contribution < -0.4 is 4.90 Å². The Labute approximate surface area is 183 Å². The number of nitrogens with zero attached hydrogens (tertiary/aromatic N) is 5. The summed E-state index contributed by atoms with van der Waals surface area (Å²) in [4.78, 5) is 13.6. The molecular weight excluding hydrogens is 446 g/mol. The van der Waals surface area contributed by atoms with Crippen molar-refractivity contribution >= 4 is 43.9 Å². The first-order chi connectivity index (χ1) is 14.4. The van der Waals surface area contributed by atoms with E-state index in [4.69, 9.17) is 0 Å². The first-order valence-corrected chi connectivity index (χ1v) is 13.1. The summed E-state index contributed by atoms with van der Waals surface area (Å²) in [6, 6.07) is 4.13. The number of nitro groups is 1. The zero-order valence-electron chi connectivity index (χ0n) is 16.4. The molecule has 0 atom stereocenters. The second-order valence-electron chi connectivity index (χ2n) is 7.35. The number of benzene rings is 1. The van der Waals surface area contributed by atoms with E-state index in [-0.39, 0.29) is 10.6 Å². The van der Waals surface area contributed by atoms with Crippen molar-refractivity contribution in [2.75, 3.05) is 31.1 Å². The van der Waals surface area contributed by atoms with Crippen molar-refractivity contribution in [3.63, 3.8) is 0 Å². The molecule has 2 aromatic rings. The van der Waals surface area contributed by atoms with Gasteiger partial charge in [-0.2, -0.15) is 4.31 Å². The van der Waals surface area contributed by atoms with Gasteiger partial charge in [0.05, 0.1) is 14.7 Å². The van der Waals surface area contributed by atoms with Crippen LogP contribution >= 0.6 is 23.1 Å². The summed E-state index contributed by atoms with van der Waals surface area (Å²) < 4.78 is 28.1. The standard InChI is InChI=1S/C18H23N5O4S3/c24-23(25)15-13-14(30(26,27)22-11-3-1-2-4-12-22)7-8-16(15)28-18-20-19-17(29-18)21-9-5-6-10-21/h7-8,13H,1-6,9-12H2. The Morgan fingerprint density at radius 3 is 2.33 bits per heavy atom. The monoisotopic (exact) mass is 469 g/mol. The number of aromatic nitrogens is 2. The number of rotatable bonds is 6. The highest BCUT2D eigenvalue weighted by Gasteiger charge is 2.28. The predicted molar refractivity (Wildman–Crippen MR) is 116 cm³/mol. The molecule has 2 aliphatic heterocycles. The quantitative estimate of drug-likeness (QED) is 0.465. The molecule has 0 N–H and O–H groups in total. The Bertz CT molecular complexity index is 1010. The van der Waals surface area contributed by atoms with E-state index in [0.29, 0.717) is 22.3 Å². The molecule has 2 aliphatic rings. The summed E-state index contributed by atoms with van der Waals surface area (Å²) in [7, 11) is -3.75. The van der Waals surface area contributed by atoms with Crippen LogP contribution in [0.5, 0.6) is 0 Å². The zero-order valence-corrected chi connectivity index (χ0v) is 18.8. The average Bonchev–Trinajstić information content (AvgIpc) is 3.34. The van der Waals surface area contributed by atoms with E-state index in [1.165, 1.54) is 33.8 Å². The fourth-order valence-corrected chi connectivity index (χ4v) is 7.16. The molecule has 2 fully saturated rings. The van der Waals surface area contributed by atoms with Crippen molar-refractivity contribution < 1.29 is 13.3 Å². The SMILES string of the molecule is O=[N+]([O-])c1cc(S(=O)(=O)N2CCCCCC2)ccc1Sc1nnc(N2CCCC2)s1. The maximum absolute atomic E-state index is 13.0. The molecule has 0 amide bonds. The van der Waals surface area contributed by atoms with Gasteiger partial charge in [-0.1, -0.05) is 24.2 Å². The molecule has 0 saturated carbocycles. The first kappa shape index (κ1) is 21.5. The predicted octanol–water partition coefficient (Wildman–Crippen LogP) is 3.76. The van der Waals surface area contributed by atoms with Gasteiger partial charge >= 0.3 is 0 Å². The molecule has 30 heavy (non-hydrogen) atoms. The van der Waals surface area contributed by atoms with Crippen molar-refractivity contribution in [2.45, 2.75) is 52.7 Å². The van der Waals surface area contributed by atoms with E-state index in [1.54, 1.807) is 0 Å². The van der Waals surface area contributed by atoms with Crippen molar-refractivity contribution in [1.29, 1.82) is 0 Å². The van der Waals surface area contributed by atoms with E-state index < -0.39 is 14.9 Å². The molecule has 0 unspecified atom stereocenters. The first-order valence-electron chi connectivity index (χ1n) is 10.00. The van der Waals surface area contributed by atoms with Crippen LogP contribution in [-0.2, 0) is 10.0 Å². The molecule has 3 heterocycles. The smallest absolute Gasteiger partial charge is 0.284 e. The van der Waals surface area contributed by atoms with Crippen molar-refractivity contribution in [3.8, 4) is 0 Å². The third-order valence-corrected chi connectivity index (χ3v) is 9.29. The van der Waals surface area contributed by atoms with Gasteiger partial charge in [-0.25, -0.2) is 8.42 Å². The highest BCUT2D eigenvalue weighted by Crippen LogP contribution is 2.39. The topological polar surface area (TPSA) is 110 Å². The Balaban J connectivity index is 1.58. The molecule has 1 aromatic heterocycles. The van der Waals surface area contributed by atoms with E-state index in [2.05, 4.69) is 15.1 Å². The number of hydrogen-bond donors (Lipinski definition) is 0.